The SMILES string of the molecule is O=C(CCc1nc(-c2ccsc2)no1)NCc1ccc(S(=O)(=O)N2CCOCC2)cc1. The topological polar surface area (TPSA) is 115 Å². The van der Waals surface area contributed by atoms with Crippen molar-refractivity contribution in [1.82, 2.24) is 19.8 Å². The van der Waals surface area contributed by atoms with Crippen molar-refractivity contribution in [3.8, 4) is 11.4 Å². The van der Waals surface area contributed by atoms with Crippen LogP contribution < -0.4 is 5.32 Å². The predicted octanol–water partition coefficient (Wildman–Crippen LogP) is 2.07. The number of nitrogens with one attached hydrogen (secondary N) is 1. The molecule has 9 nitrogen and oxygen atoms in total. The first-order chi connectivity index (χ1) is 15.0. The van der Waals surface area contributed by atoms with Gasteiger partial charge in [-0.15, -0.1) is 0 Å². The van der Waals surface area contributed by atoms with Crippen molar-refractivity contribution in [2.45, 2.75) is 24.3 Å². The fourth-order valence-corrected chi connectivity index (χ4v) is 5.13. The summed E-state index contributed by atoms with van der Waals surface area (Å²) in [5, 5.41) is 10.6. The van der Waals surface area contributed by atoms with Gasteiger partial charge in [0.25, 0.3) is 0 Å². The van der Waals surface area contributed by atoms with Crippen molar-refractivity contribution in [3.63, 3.8) is 0 Å². The number of aryl methyl sites for hydroxylation is 1. The van der Waals surface area contributed by atoms with Gasteiger partial charge in [0.05, 0.1) is 18.1 Å². The highest BCUT2D eigenvalue weighted by molar-refractivity contribution is 7.89. The van der Waals surface area contributed by atoms with Gasteiger partial charge < -0.3 is 14.6 Å². The first-order valence-corrected chi connectivity index (χ1v) is 12.2. The van der Waals surface area contributed by atoms with Crippen LogP contribution in [0, 0.1) is 0 Å². The molecule has 0 atom stereocenters. The molecule has 2 aromatic heterocycles. The molecule has 164 valence electrons. The lowest BCUT2D eigenvalue weighted by molar-refractivity contribution is -0.121. The predicted molar refractivity (Wildman–Crippen MR) is 114 cm³/mol. The van der Waals surface area contributed by atoms with Crippen LogP contribution in [-0.4, -0.2) is 55.1 Å². The van der Waals surface area contributed by atoms with E-state index in [4.69, 9.17) is 9.26 Å². The second-order valence-electron chi connectivity index (χ2n) is 6.96. The summed E-state index contributed by atoms with van der Waals surface area (Å²) < 4.78 is 37.1. The van der Waals surface area contributed by atoms with Gasteiger partial charge >= 0.3 is 0 Å². The van der Waals surface area contributed by atoms with Crippen LogP contribution in [0.4, 0.5) is 0 Å². The van der Waals surface area contributed by atoms with Crippen molar-refractivity contribution < 1.29 is 22.5 Å². The van der Waals surface area contributed by atoms with Crippen LogP contribution in [0.3, 0.4) is 0 Å². The van der Waals surface area contributed by atoms with E-state index in [2.05, 4.69) is 15.5 Å². The number of morpholine rings is 1. The van der Waals surface area contributed by atoms with E-state index in [0.717, 1.165) is 11.1 Å². The number of rotatable bonds is 8. The van der Waals surface area contributed by atoms with Gasteiger partial charge in [-0.3, -0.25) is 4.79 Å². The van der Waals surface area contributed by atoms with E-state index < -0.39 is 10.0 Å². The lowest BCUT2D eigenvalue weighted by Crippen LogP contribution is -2.40. The van der Waals surface area contributed by atoms with Crippen molar-refractivity contribution in [1.29, 1.82) is 0 Å². The summed E-state index contributed by atoms with van der Waals surface area (Å²) in [5.41, 5.74) is 1.70. The van der Waals surface area contributed by atoms with Gasteiger partial charge in [0, 0.05) is 43.4 Å². The number of nitrogens with zero attached hydrogens (tertiary/aromatic N) is 3. The molecular weight excluding hydrogens is 440 g/mol. The van der Waals surface area contributed by atoms with E-state index in [1.807, 2.05) is 16.8 Å². The average Bonchev–Trinajstić information content (AvgIpc) is 3.49. The summed E-state index contributed by atoms with van der Waals surface area (Å²) in [7, 11) is -3.52. The zero-order valence-electron chi connectivity index (χ0n) is 16.7. The Hall–Kier alpha value is -2.60. The number of hydrogen-bond acceptors (Lipinski definition) is 8. The third-order valence-corrected chi connectivity index (χ3v) is 7.43. The Morgan fingerprint density at radius 1 is 1.16 bits per heavy atom. The molecule has 0 radical (unpaired) electrons. The van der Waals surface area contributed by atoms with Crippen molar-refractivity contribution in [2.24, 2.45) is 0 Å². The molecule has 0 aliphatic carbocycles. The molecule has 11 heteroatoms. The molecule has 1 fully saturated rings. The lowest BCUT2D eigenvalue weighted by Gasteiger charge is -2.26. The Bertz CT molecular complexity index is 1100. The second-order valence-corrected chi connectivity index (χ2v) is 9.68. The Balaban J connectivity index is 1.26. The standard InChI is InChI=1S/C20H22N4O5S2/c25-18(5-6-19-22-20(23-29-19)16-7-12-30-14-16)21-13-15-1-3-17(4-2-15)31(26,27)24-8-10-28-11-9-24/h1-4,7,12,14H,5-6,8-11,13H2,(H,21,25). The third-order valence-electron chi connectivity index (χ3n) is 4.83. The minimum absolute atomic E-state index is 0.153. The van der Waals surface area contributed by atoms with Crippen LogP contribution >= 0.6 is 11.3 Å². The fourth-order valence-electron chi connectivity index (χ4n) is 3.09. The summed E-state index contributed by atoms with van der Waals surface area (Å²) in [6.45, 7) is 1.83. The number of ether oxygens (including phenoxy) is 1. The molecule has 3 heterocycles. The first-order valence-electron chi connectivity index (χ1n) is 9.81. The molecule has 1 saturated heterocycles. The van der Waals surface area contributed by atoms with Crippen molar-refractivity contribution >= 4 is 27.3 Å². The molecule has 4 rings (SSSR count). The summed E-state index contributed by atoms with van der Waals surface area (Å²) >= 11 is 1.55. The minimum atomic E-state index is -3.52. The molecule has 1 N–H and O–H groups in total. The van der Waals surface area contributed by atoms with Gasteiger partial charge in [-0.2, -0.15) is 20.6 Å². The first kappa shape index (κ1) is 21.6. The monoisotopic (exact) mass is 462 g/mol. The van der Waals surface area contributed by atoms with E-state index >= 15 is 0 Å². The van der Waals surface area contributed by atoms with Gasteiger partial charge in [-0.05, 0) is 29.1 Å². The Morgan fingerprint density at radius 2 is 1.94 bits per heavy atom. The quantitative estimate of drug-likeness (QED) is 0.545. The zero-order chi connectivity index (χ0) is 21.7. The normalized spacial score (nSPS) is 15.1. The van der Waals surface area contributed by atoms with Crippen LogP contribution in [0.15, 0.2) is 50.5 Å². The fraction of sp³-hybridized carbons (Fsp3) is 0.350. The number of sulfonamides is 1. The number of thiophene rings is 1. The molecule has 0 saturated carbocycles. The molecule has 0 bridgehead atoms. The summed E-state index contributed by atoms with van der Waals surface area (Å²) in [6.07, 6.45) is 0.564. The van der Waals surface area contributed by atoms with Gasteiger partial charge in [-0.25, -0.2) is 8.42 Å². The summed E-state index contributed by atoms with van der Waals surface area (Å²) in [5.74, 6) is 0.776. The van der Waals surface area contributed by atoms with Crippen molar-refractivity contribution in [2.75, 3.05) is 26.3 Å². The smallest absolute Gasteiger partial charge is 0.243 e. The average molecular weight is 463 g/mol. The maximum Gasteiger partial charge on any atom is 0.243 e. The lowest BCUT2D eigenvalue weighted by atomic mass is 10.2. The Labute approximate surface area is 184 Å². The Kier molecular flexibility index (Phi) is 6.76. The van der Waals surface area contributed by atoms with E-state index in [1.165, 1.54) is 4.31 Å². The van der Waals surface area contributed by atoms with Gasteiger partial charge in [0.2, 0.25) is 27.6 Å². The molecule has 1 amide bonds. The van der Waals surface area contributed by atoms with Crippen LogP contribution in [0.1, 0.15) is 17.9 Å². The number of carbonyl (C=O) groups excluding carboxylic acids is 1. The van der Waals surface area contributed by atoms with E-state index in [1.54, 1.807) is 35.6 Å². The Morgan fingerprint density at radius 3 is 2.65 bits per heavy atom. The molecule has 0 unspecified atom stereocenters. The number of carbonyl (C=O) groups is 1. The van der Waals surface area contributed by atoms with E-state index in [-0.39, 0.29) is 17.2 Å². The van der Waals surface area contributed by atoms with E-state index in [9.17, 15) is 13.2 Å². The van der Waals surface area contributed by atoms with Crippen LogP contribution in [0.5, 0.6) is 0 Å². The molecule has 3 aromatic rings. The highest BCUT2D eigenvalue weighted by atomic mass is 32.2. The van der Waals surface area contributed by atoms with Crippen LogP contribution in [-0.2, 0) is 32.5 Å². The van der Waals surface area contributed by atoms with Crippen LogP contribution in [0.2, 0.25) is 0 Å². The summed E-state index contributed by atoms with van der Waals surface area (Å²) in [6, 6.07) is 8.45. The van der Waals surface area contributed by atoms with Crippen molar-refractivity contribution in [3.05, 3.63) is 52.5 Å². The molecular formula is C20H22N4O5S2. The number of aromatic nitrogens is 2. The zero-order valence-corrected chi connectivity index (χ0v) is 18.3. The largest absolute Gasteiger partial charge is 0.379 e. The van der Waals surface area contributed by atoms with Gasteiger partial charge in [0.15, 0.2) is 0 Å². The number of hydrogen-bond donors (Lipinski definition) is 1. The number of benzene rings is 1. The highest BCUT2D eigenvalue weighted by Gasteiger charge is 2.26. The second kappa shape index (κ2) is 9.69. The van der Waals surface area contributed by atoms with Gasteiger partial charge in [-0.1, -0.05) is 17.3 Å². The summed E-state index contributed by atoms with van der Waals surface area (Å²) in [4.78, 5) is 16.7. The van der Waals surface area contributed by atoms with Crippen LogP contribution in [0.25, 0.3) is 11.4 Å². The molecule has 1 aliphatic heterocycles. The van der Waals surface area contributed by atoms with Gasteiger partial charge in [0.1, 0.15) is 0 Å². The minimum Gasteiger partial charge on any atom is -0.379 e. The van der Waals surface area contributed by atoms with E-state index in [0.29, 0.717) is 51.0 Å². The maximum absolute atomic E-state index is 12.6. The highest BCUT2D eigenvalue weighted by Crippen LogP contribution is 2.19. The molecule has 0 spiro atoms. The number of amides is 1. The molecule has 1 aromatic carbocycles. The maximum atomic E-state index is 12.6. The molecule has 1 aliphatic rings. The third kappa shape index (κ3) is 5.37. The molecule has 31 heavy (non-hydrogen) atoms.